The molecule has 1 atom stereocenters. The van der Waals surface area contributed by atoms with Crippen LogP contribution in [0, 0.1) is 0 Å². The second-order valence-corrected chi connectivity index (χ2v) is 8.23. The van der Waals surface area contributed by atoms with Gasteiger partial charge in [0.2, 0.25) is 0 Å². The van der Waals surface area contributed by atoms with Crippen LogP contribution >= 0.6 is 31.9 Å². The molecule has 100 valence electrons. The maximum atomic E-state index is 5.82. The third-order valence-electron chi connectivity index (χ3n) is 3.36. The zero-order valence-corrected chi connectivity index (χ0v) is 13.8. The Bertz CT molecular complexity index is 388. The molecule has 0 bridgehead atoms. The van der Waals surface area contributed by atoms with Crippen molar-refractivity contribution in [3.63, 3.8) is 0 Å². The summed E-state index contributed by atoms with van der Waals surface area (Å²) in [5.41, 5.74) is 1.09. The van der Waals surface area contributed by atoms with Gasteiger partial charge in [0, 0.05) is 13.2 Å². The molecule has 1 aromatic carbocycles. The van der Waals surface area contributed by atoms with Crippen molar-refractivity contribution < 1.29 is 9.47 Å². The molecule has 1 unspecified atom stereocenters. The summed E-state index contributed by atoms with van der Waals surface area (Å²) in [4.78, 5) is 0. The fourth-order valence-electron chi connectivity index (χ4n) is 2.38. The van der Waals surface area contributed by atoms with E-state index in [-0.39, 0.29) is 14.9 Å². The average Bonchev–Trinajstić information content (AvgIpc) is 2.95. The van der Waals surface area contributed by atoms with E-state index in [1.54, 1.807) is 0 Å². The van der Waals surface area contributed by atoms with E-state index in [9.17, 15) is 0 Å². The Morgan fingerprint density at radius 2 is 1.61 bits per heavy atom. The summed E-state index contributed by atoms with van der Waals surface area (Å²) >= 11 is 7.49. The minimum absolute atomic E-state index is 0.136. The van der Waals surface area contributed by atoms with Gasteiger partial charge < -0.3 is 9.47 Å². The van der Waals surface area contributed by atoms with Crippen molar-refractivity contribution in [1.29, 1.82) is 0 Å². The zero-order chi connectivity index (χ0) is 13.2. The highest BCUT2D eigenvalue weighted by molar-refractivity contribution is 9.25. The Kier molecular flexibility index (Phi) is 4.52. The van der Waals surface area contributed by atoms with Gasteiger partial charge in [-0.3, -0.25) is 0 Å². The van der Waals surface area contributed by atoms with Crippen LogP contribution in [-0.2, 0) is 14.9 Å². The van der Waals surface area contributed by atoms with Crippen molar-refractivity contribution >= 4 is 31.9 Å². The highest BCUT2D eigenvalue weighted by Gasteiger charge is 2.71. The molecule has 1 aromatic rings. The van der Waals surface area contributed by atoms with E-state index in [1.807, 2.05) is 19.9 Å². The molecule has 1 fully saturated rings. The van der Waals surface area contributed by atoms with Gasteiger partial charge in [0.15, 0.2) is 6.29 Å². The fraction of sp³-hybridized carbons (Fsp3) is 0.571. The Morgan fingerprint density at radius 1 is 1.11 bits per heavy atom. The van der Waals surface area contributed by atoms with Gasteiger partial charge in [-0.2, -0.15) is 0 Å². The standard InChI is InChI=1S/C14H18Br2O2/c1-3-17-12(18-4-2)13(10-14(13,15)16)11-8-6-5-7-9-11/h5-9,12H,3-4,10H2,1-2H3. The summed E-state index contributed by atoms with van der Waals surface area (Å²) < 4.78 is 11.5. The van der Waals surface area contributed by atoms with Crippen LogP contribution in [0.15, 0.2) is 30.3 Å². The van der Waals surface area contributed by atoms with E-state index < -0.39 is 0 Å². The molecule has 4 heteroatoms. The van der Waals surface area contributed by atoms with Crippen LogP contribution in [0.25, 0.3) is 0 Å². The number of halogens is 2. The molecule has 0 N–H and O–H groups in total. The van der Waals surface area contributed by atoms with Crippen LogP contribution in [-0.4, -0.2) is 22.7 Å². The van der Waals surface area contributed by atoms with Gasteiger partial charge in [0.05, 0.1) is 8.65 Å². The smallest absolute Gasteiger partial charge is 0.169 e. The quantitative estimate of drug-likeness (QED) is 0.546. The Morgan fingerprint density at radius 3 is 2.00 bits per heavy atom. The van der Waals surface area contributed by atoms with E-state index in [2.05, 4.69) is 56.1 Å². The minimum Gasteiger partial charge on any atom is -0.352 e. The lowest BCUT2D eigenvalue weighted by molar-refractivity contribution is -0.157. The molecule has 1 aliphatic carbocycles. The van der Waals surface area contributed by atoms with Crippen molar-refractivity contribution in [1.82, 2.24) is 0 Å². The predicted molar refractivity (Wildman–Crippen MR) is 80.4 cm³/mol. The molecule has 0 amide bonds. The lowest BCUT2D eigenvalue weighted by atomic mass is 9.95. The van der Waals surface area contributed by atoms with E-state index in [0.29, 0.717) is 13.2 Å². The third-order valence-corrected chi connectivity index (χ3v) is 5.33. The van der Waals surface area contributed by atoms with Gasteiger partial charge in [-0.25, -0.2) is 0 Å². The van der Waals surface area contributed by atoms with Crippen molar-refractivity contribution in [3.05, 3.63) is 35.9 Å². The van der Waals surface area contributed by atoms with Crippen LogP contribution in [0.5, 0.6) is 0 Å². The monoisotopic (exact) mass is 376 g/mol. The Balaban J connectivity index is 2.33. The number of hydrogen-bond acceptors (Lipinski definition) is 2. The summed E-state index contributed by atoms with van der Waals surface area (Å²) in [7, 11) is 0. The molecule has 0 aromatic heterocycles. The normalized spacial score (nSPS) is 25.4. The molecule has 1 saturated carbocycles. The molecule has 0 saturated heterocycles. The fourth-order valence-corrected chi connectivity index (χ4v) is 4.10. The second kappa shape index (κ2) is 5.61. The van der Waals surface area contributed by atoms with Crippen molar-refractivity contribution in [2.24, 2.45) is 0 Å². The van der Waals surface area contributed by atoms with E-state index in [0.717, 1.165) is 6.42 Å². The highest BCUT2D eigenvalue weighted by Crippen LogP contribution is 2.69. The van der Waals surface area contributed by atoms with Gasteiger partial charge >= 0.3 is 0 Å². The topological polar surface area (TPSA) is 18.5 Å². The average molecular weight is 378 g/mol. The highest BCUT2D eigenvalue weighted by atomic mass is 79.9. The molecular weight excluding hydrogens is 360 g/mol. The number of hydrogen-bond donors (Lipinski definition) is 0. The Hall–Kier alpha value is 0.1000. The largest absolute Gasteiger partial charge is 0.352 e. The Labute approximate surface area is 125 Å². The maximum Gasteiger partial charge on any atom is 0.169 e. The van der Waals surface area contributed by atoms with E-state index in [1.165, 1.54) is 5.56 Å². The van der Waals surface area contributed by atoms with Crippen molar-refractivity contribution in [2.45, 2.75) is 35.2 Å². The van der Waals surface area contributed by atoms with Crippen molar-refractivity contribution in [2.75, 3.05) is 13.2 Å². The number of alkyl halides is 2. The summed E-state index contributed by atoms with van der Waals surface area (Å²) in [6, 6.07) is 10.4. The predicted octanol–water partition coefficient (Wildman–Crippen LogP) is 4.21. The number of benzene rings is 1. The van der Waals surface area contributed by atoms with Gasteiger partial charge in [-0.15, -0.1) is 0 Å². The maximum absolute atomic E-state index is 5.82. The third kappa shape index (κ3) is 2.40. The first kappa shape index (κ1) is 14.5. The van der Waals surface area contributed by atoms with Gasteiger partial charge in [0.1, 0.15) is 0 Å². The molecule has 0 radical (unpaired) electrons. The molecular formula is C14H18Br2O2. The van der Waals surface area contributed by atoms with Gasteiger partial charge in [0.25, 0.3) is 0 Å². The van der Waals surface area contributed by atoms with Crippen LogP contribution in [0.1, 0.15) is 25.8 Å². The van der Waals surface area contributed by atoms with Crippen LogP contribution in [0.3, 0.4) is 0 Å². The van der Waals surface area contributed by atoms with E-state index >= 15 is 0 Å². The van der Waals surface area contributed by atoms with Gasteiger partial charge in [-0.05, 0) is 25.8 Å². The molecule has 18 heavy (non-hydrogen) atoms. The molecule has 0 spiro atoms. The first-order valence-electron chi connectivity index (χ1n) is 6.25. The second-order valence-electron chi connectivity index (χ2n) is 4.46. The lowest BCUT2D eigenvalue weighted by Gasteiger charge is -2.29. The zero-order valence-electron chi connectivity index (χ0n) is 10.7. The summed E-state index contributed by atoms with van der Waals surface area (Å²) in [6.45, 7) is 5.29. The molecule has 1 aliphatic rings. The van der Waals surface area contributed by atoms with Crippen molar-refractivity contribution in [3.8, 4) is 0 Å². The van der Waals surface area contributed by atoms with Crippen LogP contribution < -0.4 is 0 Å². The SMILES string of the molecule is CCOC(OCC)C1(c2ccccc2)CC1(Br)Br. The first-order chi connectivity index (χ1) is 8.58. The summed E-state index contributed by atoms with van der Waals surface area (Å²) in [5.74, 6) is 0. The molecule has 2 nitrogen and oxygen atoms in total. The lowest BCUT2D eigenvalue weighted by Crippen LogP contribution is -2.36. The molecule has 0 heterocycles. The summed E-state index contributed by atoms with van der Waals surface area (Å²) in [6.07, 6.45) is 0.725. The first-order valence-corrected chi connectivity index (χ1v) is 7.83. The van der Waals surface area contributed by atoms with Crippen LogP contribution in [0.2, 0.25) is 0 Å². The number of rotatable bonds is 6. The van der Waals surface area contributed by atoms with Gasteiger partial charge in [-0.1, -0.05) is 62.2 Å². The number of ether oxygens (including phenoxy) is 2. The van der Waals surface area contributed by atoms with E-state index in [4.69, 9.17) is 9.47 Å². The summed E-state index contributed by atoms with van der Waals surface area (Å²) in [5, 5.41) is 0. The minimum atomic E-state index is -0.228. The molecule has 0 aliphatic heterocycles. The molecule has 2 rings (SSSR count). The van der Waals surface area contributed by atoms with Crippen LogP contribution in [0.4, 0.5) is 0 Å².